The van der Waals surface area contributed by atoms with Crippen LogP contribution in [-0.2, 0) is 17.6 Å². The quantitative estimate of drug-likeness (QED) is 0.432. The Labute approximate surface area is 218 Å². The van der Waals surface area contributed by atoms with Gasteiger partial charge in [-0.1, -0.05) is 44.5 Å². The molecule has 0 radical (unpaired) electrons. The predicted octanol–water partition coefficient (Wildman–Crippen LogP) is 5.51. The number of carbonyl (C=O) groups is 1. The predicted molar refractivity (Wildman–Crippen MR) is 141 cm³/mol. The van der Waals surface area contributed by atoms with Gasteiger partial charge in [0.1, 0.15) is 17.2 Å². The molecule has 0 saturated heterocycles. The number of amides is 1. The second kappa shape index (κ2) is 10.7. The van der Waals surface area contributed by atoms with Gasteiger partial charge in [0, 0.05) is 36.5 Å². The Hall–Kier alpha value is -2.15. The molecule has 5 nitrogen and oxygen atoms in total. The molecule has 1 heterocycles. The summed E-state index contributed by atoms with van der Waals surface area (Å²) in [7, 11) is 0. The van der Waals surface area contributed by atoms with Crippen LogP contribution in [0, 0.1) is 11.2 Å². The second-order valence-electron chi connectivity index (χ2n) is 11.8. The molecular formula is C29H38ClFN2O3. The van der Waals surface area contributed by atoms with Crippen molar-refractivity contribution in [2.45, 2.75) is 90.0 Å². The minimum absolute atomic E-state index is 0.0326. The molecule has 0 aromatic heterocycles. The third-order valence-corrected chi connectivity index (χ3v) is 7.37. The number of rotatable bonds is 8. The Balaban J connectivity index is 1.51. The van der Waals surface area contributed by atoms with Crippen LogP contribution in [0.25, 0.3) is 0 Å². The lowest BCUT2D eigenvalue weighted by molar-refractivity contribution is -0.120. The summed E-state index contributed by atoms with van der Waals surface area (Å²) in [5, 5.41) is 17.8. The fraction of sp³-hybridized carbons (Fsp3) is 0.552. The molecule has 1 saturated carbocycles. The van der Waals surface area contributed by atoms with Gasteiger partial charge in [0.15, 0.2) is 0 Å². The van der Waals surface area contributed by atoms with Crippen molar-refractivity contribution in [1.29, 1.82) is 0 Å². The molecule has 2 aromatic carbocycles. The van der Waals surface area contributed by atoms with E-state index in [0.717, 1.165) is 43.4 Å². The van der Waals surface area contributed by atoms with Crippen LogP contribution in [0.2, 0.25) is 5.02 Å². The summed E-state index contributed by atoms with van der Waals surface area (Å²) in [6, 6.07) is 10.2. The molecule has 36 heavy (non-hydrogen) atoms. The average molecular weight is 517 g/mol. The third kappa shape index (κ3) is 6.78. The zero-order valence-electron chi connectivity index (χ0n) is 21.7. The van der Waals surface area contributed by atoms with Crippen molar-refractivity contribution in [3.63, 3.8) is 0 Å². The lowest BCUT2D eigenvalue weighted by Crippen LogP contribution is -2.52. The average Bonchev–Trinajstić information content (AvgIpc) is 2.73. The first-order valence-corrected chi connectivity index (χ1v) is 13.2. The molecule has 1 aliphatic heterocycles. The van der Waals surface area contributed by atoms with E-state index in [1.54, 1.807) is 6.07 Å². The van der Waals surface area contributed by atoms with E-state index in [1.165, 1.54) is 24.6 Å². The number of benzene rings is 2. The van der Waals surface area contributed by atoms with Crippen LogP contribution in [0.1, 0.15) is 76.1 Å². The highest BCUT2D eigenvalue weighted by atomic mass is 35.5. The number of hydrogen-bond acceptors (Lipinski definition) is 4. The van der Waals surface area contributed by atoms with Gasteiger partial charge in [-0.25, -0.2) is 4.39 Å². The summed E-state index contributed by atoms with van der Waals surface area (Å²) in [5.41, 5.74) is 3.03. The van der Waals surface area contributed by atoms with Crippen LogP contribution in [0.5, 0.6) is 5.75 Å². The van der Waals surface area contributed by atoms with Crippen molar-refractivity contribution < 1.29 is 19.0 Å². The van der Waals surface area contributed by atoms with E-state index >= 15 is 0 Å². The minimum atomic E-state index is -0.877. The summed E-state index contributed by atoms with van der Waals surface area (Å²) < 4.78 is 20.3. The molecule has 3 atom stereocenters. The first kappa shape index (κ1) is 26.9. The van der Waals surface area contributed by atoms with Crippen molar-refractivity contribution in [1.82, 2.24) is 10.6 Å². The number of ether oxygens (including phenoxy) is 1. The molecule has 2 aromatic rings. The Bertz CT molecular complexity index is 1080. The summed E-state index contributed by atoms with van der Waals surface area (Å²) >= 11 is 6.01. The molecule has 1 spiro atoms. The fourth-order valence-electron chi connectivity index (χ4n) is 5.43. The van der Waals surface area contributed by atoms with Gasteiger partial charge in [0.05, 0.1) is 12.1 Å². The van der Waals surface area contributed by atoms with Crippen LogP contribution >= 0.6 is 11.6 Å². The number of nitrogens with one attached hydrogen (secondary N) is 2. The zero-order valence-corrected chi connectivity index (χ0v) is 22.4. The number of hydrogen-bond donors (Lipinski definition) is 3. The van der Waals surface area contributed by atoms with Crippen LogP contribution in [0.3, 0.4) is 0 Å². The summed E-state index contributed by atoms with van der Waals surface area (Å²) in [6.07, 6.45) is 4.42. The van der Waals surface area contributed by atoms with Gasteiger partial charge < -0.3 is 20.5 Å². The highest BCUT2D eigenvalue weighted by Crippen LogP contribution is 2.49. The Morgan fingerprint density at radius 2 is 1.97 bits per heavy atom. The SMILES string of the molecule is CC(=O)N[C@@H](Cc1cc(F)cc(Cl)c1)[C@H](O)CN[C@H]1CC2(CCC2)Oc2ccc(CC(C)(C)C)cc21. The van der Waals surface area contributed by atoms with Gasteiger partial charge in [-0.05, 0) is 72.9 Å². The smallest absolute Gasteiger partial charge is 0.217 e. The van der Waals surface area contributed by atoms with E-state index in [2.05, 4.69) is 49.6 Å². The number of aliphatic hydroxyl groups excluding tert-OH is 1. The van der Waals surface area contributed by atoms with E-state index in [1.807, 2.05) is 0 Å². The zero-order chi connectivity index (χ0) is 26.1. The molecule has 3 N–H and O–H groups in total. The normalized spacial score (nSPS) is 20.1. The lowest BCUT2D eigenvalue weighted by atomic mass is 9.72. The van der Waals surface area contributed by atoms with E-state index in [9.17, 15) is 14.3 Å². The van der Waals surface area contributed by atoms with E-state index in [0.29, 0.717) is 5.56 Å². The summed E-state index contributed by atoms with van der Waals surface area (Å²) in [6.45, 7) is 8.38. The lowest BCUT2D eigenvalue weighted by Gasteiger charge is -2.48. The van der Waals surface area contributed by atoms with Gasteiger partial charge in [-0.2, -0.15) is 0 Å². The van der Waals surface area contributed by atoms with Crippen LogP contribution in [0.15, 0.2) is 36.4 Å². The molecule has 7 heteroatoms. The number of carbonyl (C=O) groups excluding carboxylic acids is 1. The van der Waals surface area contributed by atoms with Crippen molar-refractivity contribution in [2.75, 3.05) is 6.54 Å². The standard InChI is InChI=1S/C29H38ClFN2O3/c1-18(34)33-24(13-20-10-21(30)14-22(31)11-20)26(35)17-32-25-16-29(8-5-9-29)36-27-7-6-19(12-23(25)27)15-28(2,3)4/h6-7,10-12,14,24-26,32,35H,5,8-9,13,15-17H2,1-4H3,(H,33,34)/t24-,25-,26+/m0/s1. The molecule has 0 bridgehead atoms. The van der Waals surface area contributed by atoms with Crippen LogP contribution < -0.4 is 15.4 Å². The van der Waals surface area contributed by atoms with Gasteiger partial charge in [0.25, 0.3) is 0 Å². The van der Waals surface area contributed by atoms with Gasteiger partial charge >= 0.3 is 0 Å². The number of halogens is 2. The Kier molecular flexibility index (Phi) is 7.98. The topological polar surface area (TPSA) is 70.6 Å². The van der Waals surface area contributed by atoms with Gasteiger partial charge in [-0.15, -0.1) is 0 Å². The highest BCUT2D eigenvalue weighted by Gasteiger charge is 2.45. The first-order chi connectivity index (χ1) is 16.9. The molecule has 1 aliphatic carbocycles. The maximum Gasteiger partial charge on any atom is 0.217 e. The van der Waals surface area contributed by atoms with E-state index in [4.69, 9.17) is 16.3 Å². The first-order valence-electron chi connectivity index (χ1n) is 12.9. The maximum atomic E-state index is 13.9. The molecule has 4 rings (SSSR count). The fourth-order valence-corrected chi connectivity index (χ4v) is 5.68. The molecule has 1 amide bonds. The number of fused-ring (bicyclic) bond motifs is 1. The van der Waals surface area contributed by atoms with Crippen molar-refractivity contribution in [2.24, 2.45) is 5.41 Å². The van der Waals surface area contributed by atoms with E-state index < -0.39 is 18.0 Å². The van der Waals surface area contributed by atoms with Crippen molar-refractivity contribution in [3.05, 3.63) is 63.9 Å². The maximum absolute atomic E-state index is 13.9. The largest absolute Gasteiger partial charge is 0.487 e. The number of aliphatic hydroxyl groups is 1. The molecule has 1 fully saturated rings. The molecular weight excluding hydrogens is 479 g/mol. The van der Waals surface area contributed by atoms with Crippen LogP contribution in [0.4, 0.5) is 4.39 Å². The second-order valence-corrected chi connectivity index (χ2v) is 12.2. The van der Waals surface area contributed by atoms with Crippen LogP contribution in [-0.4, -0.2) is 35.3 Å². The highest BCUT2D eigenvalue weighted by molar-refractivity contribution is 6.30. The summed E-state index contributed by atoms with van der Waals surface area (Å²) in [4.78, 5) is 11.9. The molecule has 196 valence electrons. The Morgan fingerprint density at radius 3 is 2.58 bits per heavy atom. The Morgan fingerprint density at radius 1 is 1.22 bits per heavy atom. The van der Waals surface area contributed by atoms with E-state index in [-0.39, 0.29) is 41.0 Å². The summed E-state index contributed by atoms with van der Waals surface area (Å²) in [5.74, 6) is 0.221. The van der Waals surface area contributed by atoms with Crippen molar-refractivity contribution >= 4 is 17.5 Å². The van der Waals surface area contributed by atoms with Gasteiger partial charge in [0.2, 0.25) is 5.91 Å². The minimum Gasteiger partial charge on any atom is -0.487 e. The third-order valence-electron chi connectivity index (χ3n) is 7.16. The molecule has 2 aliphatic rings. The monoisotopic (exact) mass is 516 g/mol. The molecule has 0 unspecified atom stereocenters. The van der Waals surface area contributed by atoms with Gasteiger partial charge in [-0.3, -0.25) is 4.79 Å². The van der Waals surface area contributed by atoms with Crippen molar-refractivity contribution in [3.8, 4) is 5.75 Å².